The van der Waals surface area contributed by atoms with E-state index >= 15 is 0 Å². The van der Waals surface area contributed by atoms with Crippen LogP contribution in [-0.4, -0.2) is 35.1 Å². The molecule has 0 saturated heterocycles. The van der Waals surface area contributed by atoms with Crippen LogP contribution in [-0.2, 0) is 13.7 Å². The minimum Gasteiger partial charge on any atom is -0.462 e. The van der Waals surface area contributed by atoms with Crippen molar-refractivity contribution in [1.82, 2.24) is 35.1 Å². The van der Waals surface area contributed by atoms with Crippen molar-refractivity contribution < 1.29 is 10.6 Å². The van der Waals surface area contributed by atoms with Crippen LogP contribution in [0.25, 0.3) is 5.82 Å². The van der Waals surface area contributed by atoms with Gasteiger partial charge in [0.05, 0.1) is 1.37 Å². The highest BCUT2D eigenvalue weighted by molar-refractivity contribution is 7.11. The highest BCUT2D eigenvalue weighted by Crippen LogP contribution is 2.16. The zero-order chi connectivity index (χ0) is 14.1. The first-order valence-electron chi connectivity index (χ1n) is 5.50. The van der Waals surface area contributed by atoms with E-state index < -0.39 is 5.69 Å². The van der Waals surface area contributed by atoms with Gasteiger partial charge in [0.2, 0.25) is 11.6 Å². The lowest BCUT2D eigenvalue weighted by atomic mass is 10.5. The molecule has 0 fully saturated rings. The molecule has 3 heterocycles. The molecular formula is C8H7N7O3S. The average Bonchev–Trinajstić information content (AvgIpc) is 3.11. The number of aromatic nitrogens is 7. The van der Waals surface area contributed by atoms with Gasteiger partial charge in [0.1, 0.15) is 0 Å². The Labute approximate surface area is 110 Å². The van der Waals surface area contributed by atoms with Crippen molar-refractivity contribution in [3.05, 3.63) is 27.8 Å². The second kappa shape index (κ2) is 4.61. The van der Waals surface area contributed by atoms with Gasteiger partial charge in [0, 0.05) is 23.9 Å². The van der Waals surface area contributed by atoms with Crippen LogP contribution in [0.1, 0.15) is 7.13 Å². The van der Waals surface area contributed by atoms with Crippen molar-refractivity contribution >= 4 is 11.3 Å². The second-order valence-electron chi connectivity index (χ2n) is 3.35. The quantitative estimate of drug-likeness (QED) is 0.622. The molecule has 0 N–H and O–H groups in total. The predicted octanol–water partition coefficient (Wildman–Crippen LogP) is -0.616. The molecule has 0 radical (unpaired) electrons. The summed E-state index contributed by atoms with van der Waals surface area (Å²) in [5.41, 5.74) is -0.482. The molecular weight excluding hydrogens is 274 g/mol. The minimum atomic E-state index is -0.482. The Bertz CT molecular complexity index is 790. The van der Waals surface area contributed by atoms with Crippen LogP contribution in [0.15, 0.2) is 20.9 Å². The van der Waals surface area contributed by atoms with Gasteiger partial charge in [-0.3, -0.25) is 0 Å². The molecule has 0 aliphatic rings. The van der Waals surface area contributed by atoms with E-state index in [-0.39, 0.29) is 24.4 Å². The smallest absolute Gasteiger partial charge is 0.369 e. The Hall–Kier alpha value is -2.56. The molecule has 0 bridgehead atoms. The Balaban J connectivity index is 1.83. The Kier molecular flexibility index (Phi) is 2.51. The molecule has 0 saturated carbocycles. The van der Waals surface area contributed by atoms with Crippen LogP contribution in [0.3, 0.4) is 0 Å². The number of ether oxygens (including phenoxy) is 1. The summed E-state index contributed by atoms with van der Waals surface area (Å²) in [4.78, 5) is 15.5. The molecule has 11 heteroatoms. The zero-order valence-electron chi connectivity index (χ0n) is 10.5. The summed E-state index contributed by atoms with van der Waals surface area (Å²) in [6.07, 6.45) is 0.117. The van der Waals surface area contributed by atoms with E-state index in [2.05, 4.69) is 25.8 Å². The monoisotopic (exact) mass is 283 g/mol. The highest BCUT2D eigenvalue weighted by Gasteiger charge is 2.18. The van der Waals surface area contributed by atoms with Gasteiger partial charge >= 0.3 is 5.69 Å². The Morgan fingerprint density at radius 1 is 1.58 bits per heavy atom. The van der Waals surface area contributed by atoms with E-state index in [1.807, 2.05) is 0 Å². The van der Waals surface area contributed by atoms with E-state index in [9.17, 15) is 4.79 Å². The van der Waals surface area contributed by atoms with E-state index in [4.69, 9.17) is 10.6 Å². The van der Waals surface area contributed by atoms with Gasteiger partial charge in [0.25, 0.3) is 5.19 Å². The van der Waals surface area contributed by atoms with Crippen molar-refractivity contribution in [2.45, 2.75) is 6.61 Å². The van der Waals surface area contributed by atoms with Gasteiger partial charge in [-0.25, -0.2) is 9.78 Å². The lowest BCUT2D eigenvalue weighted by molar-refractivity contribution is 0.244. The largest absolute Gasteiger partial charge is 0.462 e. The molecule has 3 aromatic heterocycles. The zero-order valence-corrected chi connectivity index (χ0v) is 10.4. The first-order chi connectivity index (χ1) is 9.65. The number of thiazole rings is 1. The fourth-order valence-corrected chi connectivity index (χ4v) is 1.72. The lowest BCUT2D eigenvalue weighted by Gasteiger charge is -1.98. The molecule has 3 rings (SSSR count). The average molecular weight is 283 g/mol. The number of rotatable bonds is 4. The number of aryl methyl sites for hydroxylation is 1. The lowest BCUT2D eigenvalue weighted by Crippen LogP contribution is -2.23. The molecule has 10 nitrogen and oxygen atoms in total. The number of tetrazole rings is 1. The SMILES string of the molecule is [3H]c1csc(OCc2onnc2-n2nnn(C)c2=O)n1. The molecule has 0 aliphatic carbocycles. The molecule has 0 aromatic carbocycles. The highest BCUT2D eigenvalue weighted by atomic mass is 32.1. The summed E-state index contributed by atoms with van der Waals surface area (Å²) in [6, 6.07) is 0. The van der Waals surface area contributed by atoms with Crippen LogP contribution in [0, 0.1) is 0 Å². The molecule has 0 aliphatic heterocycles. The molecule has 3 aromatic rings. The van der Waals surface area contributed by atoms with Crippen LogP contribution in [0.4, 0.5) is 0 Å². The summed E-state index contributed by atoms with van der Waals surface area (Å²) in [5.74, 6) is 0.306. The molecule has 0 amide bonds. The van der Waals surface area contributed by atoms with Crippen molar-refractivity contribution in [2.24, 2.45) is 7.05 Å². The van der Waals surface area contributed by atoms with E-state index in [1.165, 1.54) is 23.8 Å². The van der Waals surface area contributed by atoms with Crippen LogP contribution >= 0.6 is 11.3 Å². The van der Waals surface area contributed by atoms with E-state index in [0.29, 0.717) is 5.19 Å². The van der Waals surface area contributed by atoms with E-state index in [1.54, 1.807) is 0 Å². The van der Waals surface area contributed by atoms with Crippen molar-refractivity contribution in [1.29, 1.82) is 0 Å². The van der Waals surface area contributed by atoms with Crippen molar-refractivity contribution in [3.63, 3.8) is 0 Å². The molecule has 0 atom stereocenters. The summed E-state index contributed by atoms with van der Waals surface area (Å²) in [6.45, 7) is -0.0434. The third-order valence-corrected chi connectivity index (χ3v) is 2.79. The van der Waals surface area contributed by atoms with Gasteiger partial charge in [-0.1, -0.05) is 16.4 Å². The fourth-order valence-electron chi connectivity index (χ4n) is 1.28. The van der Waals surface area contributed by atoms with E-state index in [0.717, 1.165) is 9.36 Å². The first-order valence-corrected chi connectivity index (χ1v) is 5.88. The van der Waals surface area contributed by atoms with Crippen molar-refractivity contribution in [2.75, 3.05) is 0 Å². The number of hydrogen-bond acceptors (Lipinski definition) is 9. The number of nitrogens with zero attached hydrogens (tertiary/aromatic N) is 7. The van der Waals surface area contributed by atoms with Crippen molar-refractivity contribution in [3.8, 4) is 11.0 Å². The summed E-state index contributed by atoms with van der Waals surface area (Å²) in [7, 11) is 1.46. The first kappa shape index (κ1) is 10.4. The van der Waals surface area contributed by atoms with Crippen LogP contribution in [0.2, 0.25) is 0 Å². The van der Waals surface area contributed by atoms with Gasteiger partial charge in [-0.2, -0.15) is 4.68 Å². The van der Waals surface area contributed by atoms with Gasteiger partial charge in [-0.05, 0) is 10.4 Å². The molecule has 19 heavy (non-hydrogen) atoms. The van der Waals surface area contributed by atoms with Gasteiger partial charge in [0.15, 0.2) is 6.61 Å². The summed E-state index contributed by atoms with van der Waals surface area (Å²) in [5, 5.41) is 16.1. The third-order valence-electron chi connectivity index (χ3n) is 2.15. The predicted molar refractivity (Wildman–Crippen MR) is 60.9 cm³/mol. The standard InChI is InChI=1S/C8H7N7O3S/c1-14-8(16)15(12-11-14)6-5(18-13-10-6)4-17-7-9-2-3-19-7/h2-3H,4H2,1H3/i2T. The van der Waals surface area contributed by atoms with Gasteiger partial charge < -0.3 is 9.26 Å². The maximum Gasteiger partial charge on any atom is 0.369 e. The molecule has 98 valence electrons. The molecule has 0 unspecified atom stereocenters. The minimum absolute atomic E-state index is 0.0434. The normalized spacial score (nSPS) is 11.5. The summed E-state index contributed by atoms with van der Waals surface area (Å²) < 4.78 is 19.5. The summed E-state index contributed by atoms with van der Waals surface area (Å²) >= 11 is 1.18. The Morgan fingerprint density at radius 3 is 3.16 bits per heavy atom. The third kappa shape index (κ3) is 2.10. The fraction of sp³-hybridized carbons (Fsp3) is 0.250. The second-order valence-corrected chi connectivity index (χ2v) is 4.17. The Morgan fingerprint density at radius 2 is 2.47 bits per heavy atom. The maximum absolute atomic E-state index is 11.7. The van der Waals surface area contributed by atoms with Crippen LogP contribution < -0.4 is 10.4 Å². The number of hydrogen-bond donors (Lipinski definition) is 0. The maximum atomic E-state index is 11.7. The topological polar surface area (TPSA) is 114 Å². The molecule has 0 spiro atoms. The van der Waals surface area contributed by atoms with Crippen LogP contribution in [0.5, 0.6) is 5.19 Å². The van der Waals surface area contributed by atoms with Gasteiger partial charge in [-0.15, -0.1) is 4.68 Å².